The molecular formula is C18H24N4O2. The minimum absolute atomic E-state index is 0.00800. The Kier molecular flexibility index (Phi) is 5.27. The third-order valence-corrected chi connectivity index (χ3v) is 4.60. The highest BCUT2D eigenvalue weighted by Crippen LogP contribution is 2.30. The van der Waals surface area contributed by atoms with Crippen LogP contribution in [0, 0.1) is 5.41 Å². The van der Waals surface area contributed by atoms with Gasteiger partial charge in [-0.25, -0.2) is 4.98 Å². The minimum atomic E-state index is -0.483. The van der Waals surface area contributed by atoms with E-state index in [1.165, 1.54) is 5.56 Å². The molecule has 0 unspecified atom stereocenters. The molecule has 128 valence electrons. The van der Waals surface area contributed by atoms with Crippen LogP contribution in [-0.2, 0) is 16.1 Å². The molecule has 0 bridgehead atoms. The highest BCUT2D eigenvalue weighted by Gasteiger charge is 2.40. The average molecular weight is 328 g/mol. The Bertz CT molecular complexity index is 657. The van der Waals surface area contributed by atoms with E-state index in [1.807, 2.05) is 29.0 Å². The van der Waals surface area contributed by atoms with Crippen LogP contribution >= 0.6 is 0 Å². The van der Waals surface area contributed by atoms with Gasteiger partial charge in [0.25, 0.3) is 0 Å². The standard InChI is InChI=1S/C18H24N4O2/c1-24-14-18(7-9-19-10-8-18)16(23)21-17-20-11-12-22(17)13-15-5-3-2-4-6-15/h2-6,11-12,19H,7-10,13-14H2,1H3,(H,20,21,23). The van der Waals surface area contributed by atoms with E-state index < -0.39 is 5.41 Å². The second-order valence-electron chi connectivity index (χ2n) is 6.28. The largest absolute Gasteiger partial charge is 0.384 e. The number of imidazole rings is 1. The molecule has 1 aromatic heterocycles. The van der Waals surface area contributed by atoms with Gasteiger partial charge < -0.3 is 14.6 Å². The van der Waals surface area contributed by atoms with Gasteiger partial charge in [-0.05, 0) is 31.5 Å². The average Bonchev–Trinajstić information content (AvgIpc) is 3.04. The maximum Gasteiger partial charge on any atom is 0.235 e. The van der Waals surface area contributed by atoms with Crippen LogP contribution in [0.1, 0.15) is 18.4 Å². The van der Waals surface area contributed by atoms with Crippen LogP contribution in [0.4, 0.5) is 5.95 Å². The summed E-state index contributed by atoms with van der Waals surface area (Å²) in [6.45, 7) is 2.76. The van der Waals surface area contributed by atoms with E-state index in [2.05, 4.69) is 27.8 Å². The Morgan fingerprint density at radius 1 is 1.33 bits per heavy atom. The van der Waals surface area contributed by atoms with Gasteiger partial charge in [-0.3, -0.25) is 10.1 Å². The molecule has 2 N–H and O–H groups in total. The summed E-state index contributed by atoms with van der Waals surface area (Å²) in [6, 6.07) is 10.1. The van der Waals surface area contributed by atoms with Crippen LogP contribution in [0.25, 0.3) is 0 Å². The topological polar surface area (TPSA) is 68.2 Å². The van der Waals surface area contributed by atoms with Gasteiger partial charge in [0, 0.05) is 19.5 Å². The van der Waals surface area contributed by atoms with E-state index in [4.69, 9.17) is 4.74 Å². The van der Waals surface area contributed by atoms with Crippen molar-refractivity contribution in [2.24, 2.45) is 5.41 Å². The van der Waals surface area contributed by atoms with Crippen LogP contribution in [-0.4, -0.2) is 42.3 Å². The van der Waals surface area contributed by atoms with E-state index in [0.29, 0.717) is 19.1 Å². The second-order valence-corrected chi connectivity index (χ2v) is 6.28. The summed E-state index contributed by atoms with van der Waals surface area (Å²) < 4.78 is 7.29. The van der Waals surface area contributed by atoms with E-state index >= 15 is 0 Å². The first-order valence-corrected chi connectivity index (χ1v) is 8.30. The van der Waals surface area contributed by atoms with Crippen molar-refractivity contribution < 1.29 is 9.53 Å². The van der Waals surface area contributed by atoms with Crippen molar-refractivity contribution in [3.8, 4) is 0 Å². The Morgan fingerprint density at radius 3 is 2.79 bits per heavy atom. The van der Waals surface area contributed by atoms with Gasteiger partial charge in [-0.15, -0.1) is 0 Å². The van der Waals surface area contributed by atoms with E-state index in [1.54, 1.807) is 13.3 Å². The minimum Gasteiger partial charge on any atom is -0.384 e. The van der Waals surface area contributed by atoms with Crippen LogP contribution in [0.3, 0.4) is 0 Å². The van der Waals surface area contributed by atoms with E-state index in [-0.39, 0.29) is 5.91 Å². The van der Waals surface area contributed by atoms with E-state index in [9.17, 15) is 4.79 Å². The highest BCUT2D eigenvalue weighted by molar-refractivity contribution is 5.94. The number of aromatic nitrogens is 2. The number of nitrogens with zero attached hydrogens (tertiary/aromatic N) is 2. The highest BCUT2D eigenvalue weighted by atomic mass is 16.5. The molecule has 2 heterocycles. The predicted octanol–water partition coefficient (Wildman–Crippen LogP) is 1.89. The molecule has 0 aliphatic carbocycles. The zero-order chi connectivity index (χ0) is 16.8. The molecule has 1 aliphatic heterocycles. The van der Waals surface area contributed by atoms with Gasteiger partial charge in [0.1, 0.15) is 0 Å². The number of rotatable bonds is 6. The van der Waals surface area contributed by atoms with Crippen molar-refractivity contribution in [1.82, 2.24) is 14.9 Å². The number of hydrogen-bond acceptors (Lipinski definition) is 4. The SMILES string of the molecule is COCC1(C(=O)Nc2nccn2Cc2ccccc2)CCNCC1. The third kappa shape index (κ3) is 3.66. The number of amides is 1. The molecule has 0 atom stereocenters. The molecule has 6 nitrogen and oxygen atoms in total. The van der Waals surface area contributed by atoms with Gasteiger partial charge in [0.15, 0.2) is 0 Å². The fourth-order valence-corrected chi connectivity index (χ4v) is 3.19. The lowest BCUT2D eigenvalue weighted by molar-refractivity contribution is -0.130. The first kappa shape index (κ1) is 16.7. The number of hydrogen-bond donors (Lipinski definition) is 2. The first-order valence-electron chi connectivity index (χ1n) is 8.30. The van der Waals surface area contributed by atoms with Gasteiger partial charge >= 0.3 is 0 Å². The molecule has 3 rings (SSSR count). The Labute approximate surface area is 142 Å². The number of ether oxygens (including phenoxy) is 1. The normalized spacial score (nSPS) is 16.7. The lowest BCUT2D eigenvalue weighted by Gasteiger charge is -2.35. The molecule has 0 spiro atoms. The summed E-state index contributed by atoms with van der Waals surface area (Å²) in [5.41, 5.74) is 0.684. The molecule has 1 saturated heterocycles. The molecule has 1 aliphatic rings. The second kappa shape index (κ2) is 7.59. The maximum absolute atomic E-state index is 12.9. The Balaban J connectivity index is 1.73. The van der Waals surface area contributed by atoms with Crippen molar-refractivity contribution >= 4 is 11.9 Å². The molecule has 1 fully saturated rings. The number of piperidine rings is 1. The van der Waals surface area contributed by atoms with Crippen LogP contribution in [0.15, 0.2) is 42.7 Å². The quantitative estimate of drug-likeness (QED) is 0.850. The summed E-state index contributed by atoms with van der Waals surface area (Å²) in [5, 5.41) is 6.31. The molecule has 0 saturated carbocycles. The van der Waals surface area contributed by atoms with Crippen LogP contribution in [0.2, 0.25) is 0 Å². The molecule has 0 radical (unpaired) electrons. The third-order valence-electron chi connectivity index (χ3n) is 4.60. The van der Waals surface area contributed by atoms with Crippen molar-refractivity contribution in [1.29, 1.82) is 0 Å². The smallest absolute Gasteiger partial charge is 0.235 e. The summed E-state index contributed by atoms with van der Waals surface area (Å²) in [6.07, 6.45) is 5.14. The Morgan fingerprint density at radius 2 is 2.08 bits per heavy atom. The van der Waals surface area contributed by atoms with Gasteiger partial charge in [-0.2, -0.15) is 0 Å². The van der Waals surface area contributed by atoms with Gasteiger partial charge in [-0.1, -0.05) is 30.3 Å². The van der Waals surface area contributed by atoms with Crippen molar-refractivity contribution in [2.45, 2.75) is 19.4 Å². The number of carbonyl (C=O) groups is 1. The molecule has 24 heavy (non-hydrogen) atoms. The number of nitrogens with one attached hydrogen (secondary N) is 2. The van der Waals surface area contributed by atoms with Crippen molar-refractivity contribution in [2.75, 3.05) is 32.1 Å². The van der Waals surface area contributed by atoms with Crippen LogP contribution in [0.5, 0.6) is 0 Å². The van der Waals surface area contributed by atoms with Gasteiger partial charge in [0.2, 0.25) is 11.9 Å². The van der Waals surface area contributed by atoms with E-state index in [0.717, 1.165) is 25.9 Å². The molecular weight excluding hydrogens is 304 g/mol. The van der Waals surface area contributed by atoms with Gasteiger partial charge in [0.05, 0.1) is 18.6 Å². The molecule has 2 aromatic rings. The number of benzene rings is 1. The number of methoxy groups -OCH3 is 1. The lowest BCUT2D eigenvalue weighted by atomic mass is 9.79. The predicted molar refractivity (Wildman–Crippen MR) is 92.8 cm³/mol. The summed E-state index contributed by atoms with van der Waals surface area (Å²) in [7, 11) is 1.65. The lowest BCUT2D eigenvalue weighted by Crippen LogP contribution is -2.47. The zero-order valence-corrected chi connectivity index (χ0v) is 14.0. The molecule has 1 aromatic carbocycles. The molecule has 6 heteroatoms. The zero-order valence-electron chi connectivity index (χ0n) is 14.0. The number of carbonyl (C=O) groups excluding carboxylic acids is 1. The summed E-state index contributed by atoms with van der Waals surface area (Å²) in [5.74, 6) is 0.573. The summed E-state index contributed by atoms with van der Waals surface area (Å²) >= 11 is 0. The number of anilines is 1. The Hall–Kier alpha value is -2.18. The fourth-order valence-electron chi connectivity index (χ4n) is 3.19. The monoisotopic (exact) mass is 328 g/mol. The molecule has 1 amide bonds. The summed E-state index contributed by atoms with van der Waals surface area (Å²) in [4.78, 5) is 17.2. The van der Waals surface area contributed by atoms with Crippen LogP contribution < -0.4 is 10.6 Å². The first-order chi connectivity index (χ1) is 11.7. The fraction of sp³-hybridized carbons (Fsp3) is 0.444. The van der Waals surface area contributed by atoms with Crippen molar-refractivity contribution in [3.63, 3.8) is 0 Å². The maximum atomic E-state index is 12.9. The van der Waals surface area contributed by atoms with Crippen molar-refractivity contribution in [3.05, 3.63) is 48.3 Å².